The summed E-state index contributed by atoms with van der Waals surface area (Å²) in [5.74, 6) is -1.19. The summed E-state index contributed by atoms with van der Waals surface area (Å²) < 4.78 is 40.5. The molecule has 0 aliphatic carbocycles. The Labute approximate surface area is 215 Å². The maximum absolute atomic E-state index is 13.5. The molecule has 2 aromatic heterocycles. The fourth-order valence-corrected chi connectivity index (χ4v) is 3.48. The molecule has 0 saturated carbocycles. The Morgan fingerprint density at radius 1 is 0.974 bits per heavy atom. The highest BCUT2D eigenvalue weighted by Crippen LogP contribution is 2.35. The average Bonchev–Trinajstić information content (AvgIpc) is 2.90. The van der Waals surface area contributed by atoms with E-state index in [0.717, 1.165) is 29.0 Å². The van der Waals surface area contributed by atoms with Gasteiger partial charge in [0.2, 0.25) is 11.9 Å². The Bertz CT molecular complexity index is 1490. The van der Waals surface area contributed by atoms with Crippen LogP contribution >= 0.6 is 0 Å². The van der Waals surface area contributed by atoms with Gasteiger partial charge in [0.25, 0.3) is 5.91 Å². The predicted molar refractivity (Wildman–Crippen MR) is 138 cm³/mol. The molecule has 0 atom stereocenters. The van der Waals surface area contributed by atoms with Crippen molar-refractivity contribution in [3.8, 4) is 11.3 Å². The van der Waals surface area contributed by atoms with Crippen LogP contribution in [0.2, 0.25) is 0 Å². The van der Waals surface area contributed by atoms with Crippen LogP contribution in [0.5, 0.6) is 0 Å². The third kappa shape index (κ3) is 6.19. The smallest absolute Gasteiger partial charge is 0.324 e. The number of anilines is 4. The molecule has 0 aliphatic rings. The van der Waals surface area contributed by atoms with Gasteiger partial charge in [-0.15, -0.1) is 0 Å². The second-order valence-corrected chi connectivity index (χ2v) is 8.07. The molecule has 4 aromatic rings. The molecule has 4 rings (SSSR count). The third-order valence-electron chi connectivity index (χ3n) is 5.34. The van der Waals surface area contributed by atoms with Crippen LogP contribution in [-0.4, -0.2) is 26.8 Å². The molecule has 0 spiro atoms. The summed E-state index contributed by atoms with van der Waals surface area (Å²) in [5.41, 5.74) is 1.59. The van der Waals surface area contributed by atoms with Crippen molar-refractivity contribution in [3.63, 3.8) is 0 Å². The molecule has 0 saturated heterocycles. The van der Waals surface area contributed by atoms with Gasteiger partial charge in [0, 0.05) is 41.1 Å². The van der Waals surface area contributed by atoms with Gasteiger partial charge in [-0.25, -0.2) is 9.97 Å². The summed E-state index contributed by atoms with van der Waals surface area (Å²) in [7, 11) is 0. The first kappa shape index (κ1) is 26.0. The zero-order valence-electron chi connectivity index (χ0n) is 20.0. The molecule has 0 aliphatic heterocycles. The van der Waals surface area contributed by atoms with E-state index in [-0.39, 0.29) is 5.56 Å². The predicted octanol–water partition coefficient (Wildman–Crippen LogP) is 5.99. The standard InChI is InChI=1S/C27H21F3N6O2/c1-3-23(37)35-22-11-6-17(13-21(22)27(28,29)30)25(38)33-19-7-9-20(10-8-19)34-26-32-14-16(2)24(36-26)18-5-4-12-31-15-18/h3-15H,1H2,2H3,(H,33,38)(H,35,37)(H,32,34,36). The van der Waals surface area contributed by atoms with Crippen LogP contribution in [0.4, 0.5) is 36.2 Å². The van der Waals surface area contributed by atoms with Crippen molar-refractivity contribution >= 4 is 34.8 Å². The molecule has 2 heterocycles. The number of hydrogen-bond acceptors (Lipinski definition) is 6. The first-order valence-electron chi connectivity index (χ1n) is 11.2. The zero-order valence-corrected chi connectivity index (χ0v) is 20.0. The molecule has 11 heteroatoms. The second kappa shape index (κ2) is 10.9. The number of pyridine rings is 1. The summed E-state index contributed by atoms with van der Waals surface area (Å²) >= 11 is 0. The number of rotatable bonds is 7. The Hall–Kier alpha value is -5.06. The van der Waals surface area contributed by atoms with Gasteiger partial charge in [0.15, 0.2) is 0 Å². The largest absolute Gasteiger partial charge is 0.418 e. The lowest BCUT2D eigenvalue weighted by Gasteiger charge is -2.15. The highest BCUT2D eigenvalue weighted by molar-refractivity contribution is 6.05. The van der Waals surface area contributed by atoms with Gasteiger partial charge in [0.05, 0.1) is 16.9 Å². The van der Waals surface area contributed by atoms with E-state index in [0.29, 0.717) is 23.4 Å². The van der Waals surface area contributed by atoms with Gasteiger partial charge < -0.3 is 16.0 Å². The van der Waals surface area contributed by atoms with E-state index >= 15 is 0 Å². The fraction of sp³-hybridized carbons (Fsp3) is 0.0741. The zero-order chi connectivity index (χ0) is 27.3. The summed E-state index contributed by atoms with van der Waals surface area (Å²) in [5, 5.41) is 7.74. The summed E-state index contributed by atoms with van der Waals surface area (Å²) in [6.45, 7) is 5.11. The normalized spacial score (nSPS) is 10.9. The lowest BCUT2D eigenvalue weighted by atomic mass is 10.1. The Morgan fingerprint density at radius 3 is 2.37 bits per heavy atom. The average molecular weight is 518 g/mol. The summed E-state index contributed by atoms with van der Waals surface area (Å²) in [6.07, 6.45) is 1.13. The minimum atomic E-state index is -4.79. The SMILES string of the molecule is C=CC(=O)Nc1ccc(C(=O)Nc2ccc(Nc3ncc(C)c(-c4cccnc4)n3)cc2)cc1C(F)(F)F. The van der Waals surface area contributed by atoms with Crippen molar-refractivity contribution in [3.05, 3.63) is 103 Å². The van der Waals surface area contributed by atoms with E-state index in [1.807, 2.05) is 19.1 Å². The van der Waals surface area contributed by atoms with Crippen LogP contribution < -0.4 is 16.0 Å². The van der Waals surface area contributed by atoms with Crippen LogP contribution in [0.15, 0.2) is 85.8 Å². The Morgan fingerprint density at radius 2 is 1.71 bits per heavy atom. The first-order chi connectivity index (χ1) is 18.1. The molecule has 0 unspecified atom stereocenters. The Balaban J connectivity index is 1.47. The van der Waals surface area contributed by atoms with Crippen LogP contribution in [0.3, 0.4) is 0 Å². The molecule has 8 nitrogen and oxygen atoms in total. The number of nitrogens with zero attached hydrogens (tertiary/aromatic N) is 3. The van der Waals surface area contributed by atoms with Gasteiger partial charge in [-0.05, 0) is 73.2 Å². The van der Waals surface area contributed by atoms with Crippen LogP contribution in [0.25, 0.3) is 11.3 Å². The van der Waals surface area contributed by atoms with Crippen molar-refractivity contribution < 1.29 is 22.8 Å². The van der Waals surface area contributed by atoms with Crippen LogP contribution in [0, 0.1) is 6.92 Å². The number of nitrogens with one attached hydrogen (secondary N) is 3. The number of carbonyl (C=O) groups is 2. The van der Waals surface area contributed by atoms with E-state index < -0.39 is 29.2 Å². The van der Waals surface area contributed by atoms with Crippen molar-refractivity contribution in [2.45, 2.75) is 13.1 Å². The quantitative estimate of drug-likeness (QED) is 0.260. The highest BCUT2D eigenvalue weighted by Gasteiger charge is 2.34. The number of alkyl halides is 3. The van der Waals surface area contributed by atoms with Gasteiger partial charge in [-0.1, -0.05) is 6.58 Å². The molecular weight excluding hydrogens is 497 g/mol. The lowest BCUT2D eigenvalue weighted by molar-refractivity contribution is -0.137. The van der Waals surface area contributed by atoms with Gasteiger partial charge in [0.1, 0.15) is 0 Å². The summed E-state index contributed by atoms with van der Waals surface area (Å²) in [4.78, 5) is 37.1. The molecule has 2 amide bonds. The van der Waals surface area contributed by atoms with Crippen LogP contribution in [-0.2, 0) is 11.0 Å². The number of halogens is 3. The first-order valence-corrected chi connectivity index (χ1v) is 11.2. The molecular formula is C27H21F3N6O2. The molecule has 38 heavy (non-hydrogen) atoms. The van der Waals surface area contributed by atoms with Crippen LogP contribution in [0.1, 0.15) is 21.5 Å². The maximum atomic E-state index is 13.5. The fourth-order valence-electron chi connectivity index (χ4n) is 3.48. The highest BCUT2D eigenvalue weighted by atomic mass is 19.4. The second-order valence-electron chi connectivity index (χ2n) is 8.07. The minimum absolute atomic E-state index is 0.230. The van der Waals surface area contributed by atoms with E-state index in [1.165, 1.54) is 6.07 Å². The van der Waals surface area contributed by atoms with Crippen molar-refractivity contribution in [1.82, 2.24) is 15.0 Å². The van der Waals surface area contributed by atoms with Gasteiger partial charge in [-0.3, -0.25) is 14.6 Å². The maximum Gasteiger partial charge on any atom is 0.418 e. The van der Waals surface area contributed by atoms with Crippen molar-refractivity contribution in [1.29, 1.82) is 0 Å². The molecule has 192 valence electrons. The molecule has 0 fully saturated rings. The topological polar surface area (TPSA) is 109 Å². The minimum Gasteiger partial charge on any atom is -0.324 e. The van der Waals surface area contributed by atoms with E-state index in [4.69, 9.17) is 0 Å². The molecule has 2 aromatic carbocycles. The van der Waals surface area contributed by atoms with Gasteiger partial charge >= 0.3 is 6.18 Å². The molecule has 0 radical (unpaired) electrons. The van der Waals surface area contributed by atoms with Crippen molar-refractivity contribution in [2.75, 3.05) is 16.0 Å². The number of aromatic nitrogens is 3. The number of hydrogen-bond donors (Lipinski definition) is 3. The number of aryl methyl sites for hydroxylation is 1. The van der Waals surface area contributed by atoms with Gasteiger partial charge in [-0.2, -0.15) is 13.2 Å². The third-order valence-corrected chi connectivity index (χ3v) is 5.34. The number of carbonyl (C=O) groups excluding carboxylic acids is 2. The van der Waals surface area contributed by atoms with E-state index in [9.17, 15) is 22.8 Å². The monoisotopic (exact) mass is 518 g/mol. The number of amides is 2. The Kier molecular flexibility index (Phi) is 7.47. The number of benzene rings is 2. The summed E-state index contributed by atoms with van der Waals surface area (Å²) in [6, 6.07) is 13.1. The van der Waals surface area contributed by atoms with Crippen molar-refractivity contribution in [2.24, 2.45) is 0 Å². The lowest BCUT2D eigenvalue weighted by Crippen LogP contribution is -2.17. The molecule has 3 N–H and O–H groups in total. The van der Waals surface area contributed by atoms with E-state index in [1.54, 1.807) is 42.9 Å². The van der Waals surface area contributed by atoms with E-state index in [2.05, 4.69) is 37.5 Å². The molecule has 0 bridgehead atoms.